The quantitative estimate of drug-likeness (QED) is 0.634. The number of anilines is 1. The molecule has 7 heteroatoms. The Morgan fingerprint density at radius 2 is 1.75 bits per heavy atom. The van der Waals surface area contributed by atoms with E-state index in [1.807, 2.05) is 0 Å². The number of nitrogen functional groups attached to an aromatic ring is 1. The number of aromatic nitrogens is 2. The summed E-state index contributed by atoms with van der Waals surface area (Å²) in [5.74, 6) is 0. The SMILES string of the molecule is COCCOCCOCCc1nnc(N)s1. The van der Waals surface area contributed by atoms with Crippen LogP contribution in [0.3, 0.4) is 0 Å². The molecule has 0 fully saturated rings. The Morgan fingerprint density at radius 3 is 2.38 bits per heavy atom. The van der Waals surface area contributed by atoms with Gasteiger partial charge in [0.25, 0.3) is 0 Å². The number of rotatable bonds is 9. The van der Waals surface area contributed by atoms with E-state index in [-0.39, 0.29) is 0 Å². The zero-order chi connectivity index (χ0) is 11.6. The highest BCUT2D eigenvalue weighted by Gasteiger charge is 2.00. The molecule has 0 unspecified atom stereocenters. The minimum atomic E-state index is 0.498. The first-order valence-electron chi connectivity index (χ1n) is 5.05. The predicted molar refractivity (Wildman–Crippen MR) is 61.5 cm³/mol. The third-order valence-corrected chi connectivity index (χ3v) is 2.56. The Balaban J connectivity index is 1.88. The first kappa shape index (κ1) is 13.3. The van der Waals surface area contributed by atoms with Crippen molar-refractivity contribution in [3.63, 3.8) is 0 Å². The number of nitrogens with two attached hydrogens (primary N) is 1. The Morgan fingerprint density at radius 1 is 1.06 bits per heavy atom. The second-order valence-electron chi connectivity index (χ2n) is 3.00. The molecule has 2 N–H and O–H groups in total. The lowest BCUT2D eigenvalue weighted by atomic mass is 10.5. The molecule has 0 aliphatic heterocycles. The van der Waals surface area contributed by atoms with Gasteiger partial charge in [0.05, 0.1) is 33.0 Å². The van der Waals surface area contributed by atoms with Gasteiger partial charge in [0, 0.05) is 13.5 Å². The molecule has 1 heterocycles. The van der Waals surface area contributed by atoms with Gasteiger partial charge in [-0.25, -0.2) is 0 Å². The summed E-state index contributed by atoms with van der Waals surface area (Å²) in [5, 5.41) is 9.01. The van der Waals surface area contributed by atoms with E-state index in [1.165, 1.54) is 11.3 Å². The van der Waals surface area contributed by atoms with Crippen LogP contribution in [-0.2, 0) is 20.6 Å². The molecule has 0 amide bonds. The summed E-state index contributed by atoms with van der Waals surface area (Å²) >= 11 is 1.39. The van der Waals surface area contributed by atoms with Crippen molar-refractivity contribution in [2.24, 2.45) is 0 Å². The number of methoxy groups -OCH3 is 1. The summed E-state index contributed by atoms with van der Waals surface area (Å²) in [5.41, 5.74) is 5.45. The number of ether oxygens (including phenoxy) is 3. The average molecular weight is 247 g/mol. The van der Waals surface area contributed by atoms with Gasteiger partial charge in [-0.1, -0.05) is 11.3 Å². The van der Waals surface area contributed by atoms with Gasteiger partial charge < -0.3 is 19.9 Å². The predicted octanol–water partition coefficient (Wildman–Crippen LogP) is 0.342. The van der Waals surface area contributed by atoms with Crippen molar-refractivity contribution in [1.29, 1.82) is 0 Å². The molecule has 0 atom stereocenters. The Hall–Kier alpha value is -0.760. The van der Waals surface area contributed by atoms with Crippen LogP contribution < -0.4 is 5.73 Å². The van der Waals surface area contributed by atoms with Gasteiger partial charge in [-0.2, -0.15) is 0 Å². The number of hydrogen-bond donors (Lipinski definition) is 1. The lowest BCUT2D eigenvalue weighted by molar-refractivity contribution is 0.0255. The first-order valence-corrected chi connectivity index (χ1v) is 5.87. The summed E-state index contributed by atoms with van der Waals surface area (Å²) < 4.78 is 15.4. The van der Waals surface area contributed by atoms with Crippen LogP contribution in [0.1, 0.15) is 5.01 Å². The van der Waals surface area contributed by atoms with Crippen LogP contribution in [0.25, 0.3) is 0 Å². The van der Waals surface area contributed by atoms with Crippen molar-refractivity contribution >= 4 is 16.5 Å². The molecular formula is C9H17N3O3S. The summed E-state index contributed by atoms with van der Waals surface area (Å²) in [4.78, 5) is 0. The number of hydrogen-bond acceptors (Lipinski definition) is 7. The van der Waals surface area contributed by atoms with E-state index in [2.05, 4.69) is 10.2 Å². The standard InChI is InChI=1S/C9H17N3O3S/c1-13-4-5-15-7-6-14-3-2-8-11-12-9(10)16-8/h2-7H2,1H3,(H2,10,12). The molecule has 92 valence electrons. The fraction of sp³-hybridized carbons (Fsp3) is 0.778. The van der Waals surface area contributed by atoms with Crippen molar-refractivity contribution in [2.75, 3.05) is 45.9 Å². The van der Waals surface area contributed by atoms with E-state index >= 15 is 0 Å². The lowest BCUT2D eigenvalue weighted by Gasteiger charge is -2.04. The fourth-order valence-corrected chi connectivity index (χ4v) is 1.58. The maximum Gasteiger partial charge on any atom is 0.203 e. The smallest absolute Gasteiger partial charge is 0.203 e. The average Bonchev–Trinajstić information content (AvgIpc) is 2.68. The normalized spacial score (nSPS) is 10.8. The molecular weight excluding hydrogens is 230 g/mol. The molecule has 0 saturated carbocycles. The molecule has 0 spiro atoms. The maximum atomic E-state index is 5.45. The molecule has 16 heavy (non-hydrogen) atoms. The molecule has 1 rings (SSSR count). The molecule has 0 aromatic carbocycles. The highest BCUT2D eigenvalue weighted by atomic mass is 32.1. The van der Waals surface area contributed by atoms with Crippen LogP contribution in [0.4, 0.5) is 5.13 Å². The van der Waals surface area contributed by atoms with Crippen molar-refractivity contribution in [2.45, 2.75) is 6.42 Å². The number of nitrogens with zero attached hydrogens (tertiary/aromatic N) is 2. The third kappa shape index (κ3) is 5.96. The van der Waals surface area contributed by atoms with E-state index in [9.17, 15) is 0 Å². The summed E-state index contributed by atoms with van der Waals surface area (Å²) in [6.45, 7) is 3.00. The van der Waals surface area contributed by atoms with Gasteiger partial charge in [-0.05, 0) is 0 Å². The molecule has 0 bridgehead atoms. The highest BCUT2D eigenvalue weighted by Crippen LogP contribution is 2.10. The van der Waals surface area contributed by atoms with Gasteiger partial charge in [0.1, 0.15) is 5.01 Å². The molecule has 0 radical (unpaired) electrons. The molecule has 0 aliphatic rings. The van der Waals surface area contributed by atoms with Crippen molar-refractivity contribution < 1.29 is 14.2 Å². The van der Waals surface area contributed by atoms with E-state index in [1.54, 1.807) is 7.11 Å². The van der Waals surface area contributed by atoms with Crippen molar-refractivity contribution in [1.82, 2.24) is 10.2 Å². The van der Waals surface area contributed by atoms with Crippen molar-refractivity contribution in [3.05, 3.63) is 5.01 Å². The Bertz CT molecular complexity index is 283. The maximum absolute atomic E-state index is 5.45. The second kappa shape index (κ2) is 8.40. The van der Waals surface area contributed by atoms with Gasteiger partial charge in [0.2, 0.25) is 5.13 Å². The van der Waals surface area contributed by atoms with Gasteiger partial charge >= 0.3 is 0 Å². The van der Waals surface area contributed by atoms with E-state index in [0.29, 0.717) is 38.2 Å². The van der Waals surface area contributed by atoms with Gasteiger partial charge in [-0.3, -0.25) is 0 Å². The lowest BCUT2D eigenvalue weighted by Crippen LogP contribution is -2.09. The van der Waals surface area contributed by atoms with Crippen LogP contribution in [0.2, 0.25) is 0 Å². The monoisotopic (exact) mass is 247 g/mol. The molecule has 1 aromatic rings. The van der Waals surface area contributed by atoms with Gasteiger partial charge in [-0.15, -0.1) is 10.2 Å². The Labute approximate surface area is 98.7 Å². The fourth-order valence-electron chi connectivity index (χ4n) is 0.991. The Kier molecular flexibility index (Phi) is 6.98. The van der Waals surface area contributed by atoms with E-state index in [4.69, 9.17) is 19.9 Å². The summed E-state index contributed by atoms with van der Waals surface area (Å²) in [6, 6.07) is 0. The molecule has 0 aliphatic carbocycles. The minimum Gasteiger partial charge on any atom is -0.382 e. The zero-order valence-electron chi connectivity index (χ0n) is 9.35. The van der Waals surface area contributed by atoms with E-state index in [0.717, 1.165) is 11.4 Å². The topological polar surface area (TPSA) is 79.5 Å². The summed E-state index contributed by atoms with van der Waals surface area (Å²) in [7, 11) is 1.65. The van der Waals surface area contributed by atoms with Crippen molar-refractivity contribution in [3.8, 4) is 0 Å². The van der Waals surface area contributed by atoms with E-state index < -0.39 is 0 Å². The van der Waals surface area contributed by atoms with Crippen LogP contribution in [0, 0.1) is 0 Å². The van der Waals surface area contributed by atoms with Crippen LogP contribution in [0.15, 0.2) is 0 Å². The highest BCUT2D eigenvalue weighted by molar-refractivity contribution is 7.15. The minimum absolute atomic E-state index is 0.498. The van der Waals surface area contributed by atoms with Gasteiger partial charge in [0.15, 0.2) is 0 Å². The zero-order valence-corrected chi connectivity index (χ0v) is 10.2. The van der Waals surface area contributed by atoms with Crippen LogP contribution >= 0.6 is 11.3 Å². The van der Waals surface area contributed by atoms with Crippen LogP contribution in [-0.4, -0.2) is 50.3 Å². The molecule has 1 aromatic heterocycles. The molecule has 0 saturated heterocycles. The largest absolute Gasteiger partial charge is 0.382 e. The molecule has 6 nitrogen and oxygen atoms in total. The summed E-state index contributed by atoms with van der Waals surface area (Å²) in [6.07, 6.45) is 0.743. The van der Waals surface area contributed by atoms with Crippen LogP contribution in [0.5, 0.6) is 0 Å². The first-order chi connectivity index (χ1) is 7.83. The second-order valence-corrected chi connectivity index (χ2v) is 4.10. The third-order valence-electron chi connectivity index (χ3n) is 1.75.